The number of fused-ring (bicyclic) bond motifs is 2. The monoisotopic (exact) mass is 404 g/mol. The smallest absolute Gasteiger partial charge is 0.240 e. The van der Waals surface area contributed by atoms with Crippen LogP contribution in [0.25, 0.3) is 0 Å². The predicted octanol–water partition coefficient (Wildman–Crippen LogP) is 6.65. The molecular weight excluding hydrogens is 376 g/mol. The first-order valence-corrected chi connectivity index (χ1v) is 10.0. The molecule has 0 atom stereocenters. The normalized spacial score (nSPS) is 14.5. The molecule has 0 fully saturated rings. The molecule has 0 saturated heterocycles. The third-order valence-corrected chi connectivity index (χ3v) is 5.75. The Balaban J connectivity index is 2.41. The number of ether oxygens (including phenoxy) is 1. The zero-order chi connectivity index (χ0) is 22.5. The van der Waals surface area contributed by atoms with Gasteiger partial charge in [-0.25, -0.2) is 9.59 Å². The molecule has 0 unspecified atom stereocenters. The van der Waals surface area contributed by atoms with Gasteiger partial charge in [-0.15, -0.1) is 0 Å². The highest BCUT2D eigenvalue weighted by atomic mass is 16.5. The molecule has 156 valence electrons. The molecule has 0 aromatic heterocycles. The molecule has 0 radical (unpaired) electrons. The highest BCUT2D eigenvalue weighted by Gasteiger charge is 2.39. The second-order valence-corrected chi connectivity index (χ2v) is 10.4. The third kappa shape index (κ3) is 3.63. The molecule has 0 N–H and O–H groups in total. The van der Waals surface area contributed by atoms with Crippen LogP contribution >= 0.6 is 0 Å². The zero-order valence-corrected chi connectivity index (χ0v) is 18.9. The Labute approximate surface area is 177 Å². The van der Waals surface area contributed by atoms with Crippen LogP contribution in [0.5, 0.6) is 11.5 Å². The van der Waals surface area contributed by atoms with Gasteiger partial charge in [-0.05, 0) is 34.1 Å². The average molecular weight is 405 g/mol. The van der Waals surface area contributed by atoms with Gasteiger partial charge in [-0.1, -0.05) is 67.5 Å². The fourth-order valence-electron chi connectivity index (χ4n) is 3.75. The molecule has 2 aromatic carbocycles. The van der Waals surface area contributed by atoms with Crippen molar-refractivity contribution in [3.63, 3.8) is 0 Å². The number of rotatable bonds is 2. The maximum absolute atomic E-state index is 11.1. The van der Waals surface area contributed by atoms with Crippen LogP contribution in [0.2, 0.25) is 0 Å². The molecule has 5 nitrogen and oxygen atoms in total. The van der Waals surface area contributed by atoms with Crippen LogP contribution in [0.15, 0.2) is 34.3 Å². The van der Waals surface area contributed by atoms with E-state index in [4.69, 9.17) is 4.74 Å². The summed E-state index contributed by atoms with van der Waals surface area (Å²) in [5, 5.41) is 0. The van der Waals surface area contributed by atoms with Crippen molar-refractivity contribution in [1.29, 1.82) is 0 Å². The lowest BCUT2D eigenvalue weighted by atomic mass is 9.71. The highest BCUT2D eigenvalue weighted by Crippen LogP contribution is 2.55. The number of carbonyl (C=O) groups excluding carboxylic acids is 2. The molecular formula is C25H28N2O3. The van der Waals surface area contributed by atoms with Gasteiger partial charge in [0.1, 0.15) is 11.4 Å². The first kappa shape index (κ1) is 21.7. The van der Waals surface area contributed by atoms with Crippen molar-refractivity contribution in [3.8, 4) is 11.5 Å². The molecule has 1 aliphatic heterocycles. The molecule has 1 aliphatic rings. The molecule has 0 aliphatic carbocycles. The number of aliphatic imine (C=N–C) groups is 2. The van der Waals surface area contributed by atoms with E-state index in [-0.39, 0.29) is 10.8 Å². The molecule has 5 heteroatoms. The average Bonchev–Trinajstić information content (AvgIpc) is 2.61. The quantitative estimate of drug-likeness (QED) is 0.416. The molecule has 2 aromatic rings. The lowest BCUT2D eigenvalue weighted by Gasteiger charge is -2.37. The lowest BCUT2D eigenvalue weighted by molar-refractivity contribution is 0.417. The number of benzene rings is 2. The van der Waals surface area contributed by atoms with Gasteiger partial charge < -0.3 is 4.74 Å². The standard InChI is InChI=1S/C25H28N2O3/c1-23(2,3)15-9-17-21(19(11-15)26-13-28)30-22-18(25(17,7)8)10-16(24(4,5)6)12-20(22)27-14-29/h9-12H,1-8H3. The van der Waals surface area contributed by atoms with E-state index in [0.717, 1.165) is 22.3 Å². The third-order valence-electron chi connectivity index (χ3n) is 5.75. The van der Waals surface area contributed by atoms with Gasteiger partial charge in [0.25, 0.3) is 0 Å². The first-order chi connectivity index (χ1) is 13.8. The Morgan fingerprint density at radius 2 is 1.10 bits per heavy atom. The molecule has 30 heavy (non-hydrogen) atoms. The van der Waals surface area contributed by atoms with E-state index in [1.54, 1.807) is 12.2 Å². The van der Waals surface area contributed by atoms with Crippen molar-refractivity contribution in [2.75, 3.05) is 0 Å². The van der Waals surface area contributed by atoms with E-state index in [2.05, 4.69) is 77.5 Å². The van der Waals surface area contributed by atoms with Crippen LogP contribution in [0.1, 0.15) is 77.6 Å². The maximum Gasteiger partial charge on any atom is 0.240 e. The Morgan fingerprint density at radius 1 is 0.733 bits per heavy atom. The lowest BCUT2D eigenvalue weighted by Crippen LogP contribution is -2.27. The van der Waals surface area contributed by atoms with Gasteiger partial charge in [0, 0.05) is 16.5 Å². The van der Waals surface area contributed by atoms with Crippen LogP contribution in [-0.2, 0) is 25.8 Å². The fourth-order valence-corrected chi connectivity index (χ4v) is 3.75. The maximum atomic E-state index is 11.1. The van der Waals surface area contributed by atoms with Gasteiger partial charge in [-0.2, -0.15) is 9.98 Å². The van der Waals surface area contributed by atoms with Gasteiger partial charge in [0.15, 0.2) is 11.5 Å². The summed E-state index contributed by atoms with van der Waals surface area (Å²) in [4.78, 5) is 30.1. The van der Waals surface area contributed by atoms with E-state index >= 15 is 0 Å². The molecule has 0 saturated carbocycles. The summed E-state index contributed by atoms with van der Waals surface area (Å²) < 4.78 is 6.27. The Bertz CT molecular complexity index is 1030. The van der Waals surface area contributed by atoms with Crippen LogP contribution in [0.3, 0.4) is 0 Å². The number of hydrogen-bond acceptors (Lipinski definition) is 5. The number of isocyanates is 2. The topological polar surface area (TPSA) is 68.1 Å². The largest absolute Gasteiger partial charge is 0.452 e. The van der Waals surface area contributed by atoms with Crippen molar-refractivity contribution >= 4 is 23.5 Å². The second-order valence-electron chi connectivity index (χ2n) is 10.4. The summed E-state index contributed by atoms with van der Waals surface area (Å²) in [6.45, 7) is 16.9. The zero-order valence-electron chi connectivity index (χ0n) is 18.9. The van der Waals surface area contributed by atoms with Gasteiger partial charge >= 0.3 is 0 Å². The van der Waals surface area contributed by atoms with Crippen LogP contribution < -0.4 is 4.74 Å². The van der Waals surface area contributed by atoms with E-state index in [1.165, 1.54) is 0 Å². The predicted molar refractivity (Wildman–Crippen MR) is 118 cm³/mol. The van der Waals surface area contributed by atoms with E-state index < -0.39 is 5.41 Å². The van der Waals surface area contributed by atoms with Gasteiger partial charge in [-0.3, -0.25) is 0 Å². The molecule has 3 rings (SSSR count). The van der Waals surface area contributed by atoms with E-state index in [9.17, 15) is 9.59 Å². The first-order valence-electron chi connectivity index (χ1n) is 10.0. The van der Waals surface area contributed by atoms with Crippen LogP contribution in [0, 0.1) is 0 Å². The molecule has 1 heterocycles. The van der Waals surface area contributed by atoms with Crippen LogP contribution in [-0.4, -0.2) is 12.2 Å². The van der Waals surface area contributed by atoms with Crippen molar-refractivity contribution in [2.45, 2.75) is 71.6 Å². The summed E-state index contributed by atoms with van der Waals surface area (Å²) in [6, 6.07) is 7.96. The van der Waals surface area contributed by atoms with Crippen molar-refractivity contribution in [3.05, 3.63) is 46.5 Å². The summed E-state index contributed by atoms with van der Waals surface area (Å²) in [6.07, 6.45) is 3.28. The Kier molecular flexibility index (Phi) is 5.10. The van der Waals surface area contributed by atoms with Gasteiger partial charge in [0.05, 0.1) is 0 Å². The SMILES string of the molecule is CC(C)(C)c1cc(N=C=O)c2c(c1)C(C)(C)c1cc(C(C)(C)C)cc(N=C=O)c1O2. The van der Waals surface area contributed by atoms with Crippen molar-refractivity contribution in [2.24, 2.45) is 9.98 Å². The minimum atomic E-state index is -0.467. The Morgan fingerprint density at radius 3 is 1.40 bits per heavy atom. The fraction of sp³-hybridized carbons (Fsp3) is 0.440. The van der Waals surface area contributed by atoms with Crippen molar-refractivity contribution < 1.29 is 14.3 Å². The summed E-state index contributed by atoms with van der Waals surface area (Å²) in [5.74, 6) is 0.990. The van der Waals surface area contributed by atoms with Gasteiger partial charge in [0.2, 0.25) is 12.2 Å². The van der Waals surface area contributed by atoms with Crippen LogP contribution in [0.4, 0.5) is 11.4 Å². The Hall–Kier alpha value is -3.00. The summed E-state index contributed by atoms with van der Waals surface area (Å²) in [5.41, 5.74) is 4.07. The molecule has 0 bridgehead atoms. The minimum Gasteiger partial charge on any atom is -0.452 e. The van der Waals surface area contributed by atoms with E-state index in [1.807, 2.05) is 12.1 Å². The number of nitrogens with zero attached hydrogens (tertiary/aromatic N) is 2. The minimum absolute atomic E-state index is 0.140. The highest BCUT2D eigenvalue weighted by molar-refractivity contribution is 5.74. The molecule has 0 spiro atoms. The summed E-state index contributed by atoms with van der Waals surface area (Å²) >= 11 is 0. The second kappa shape index (κ2) is 7.05. The number of hydrogen-bond donors (Lipinski definition) is 0. The summed E-state index contributed by atoms with van der Waals surface area (Å²) in [7, 11) is 0. The van der Waals surface area contributed by atoms with Crippen molar-refractivity contribution in [1.82, 2.24) is 0 Å². The van der Waals surface area contributed by atoms with E-state index in [0.29, 0.717) is 22.9 Å². The molecule has 0 amide bonds.